The Morgan fingerprint density at radius 1 is 0.700 bits per heavy atom. The van der Waals surface area contributed by atoms with Crippen LogP contribution in [-0.2, 0) is 12.8 Å². The van der Waals surface area contributed by atoms with Crippen LogP contribution in [0.25, 0.3) is 0 Å². The Morgan fingerprint density at radius 3 is 1.55 bits per heavy atom. The van der Waals surface area contributed by atoms with Gasteiger partial charge in [0.1, 0.15) is 0 Å². The van der Waals surface area contributed by atoms with Crippen molar-refractivity contribution in [1.82, 2.24) is 0 Å². The molecule has 0 radical (unpaired) electrons. The molecule has 0 nitrogen and oxygen atoms in total. The van der Waals surface area contributed by atoms with Crippen LogP contribution in [0.3, 0.4) is 0 Å². The SMILES string of the molecule is CCCCCCc1cc(Br)cc(CCCCCC)c1Br. The van der Waals surface area contributed by atoms with Gasteiger partial charge in [0.2, 0.25) is 0 Å². The highest BCUT2D eigenvalue weighted by Gasteiger charge is 2.08. The molecule has 0 aliphatic heterocycles. The molecule has 0 saturated carbocycles. The van der Waals surface area contributed by atoms with E-state index in [1.807, 2.05) is 0 Å². The van der Waals surface area contributed by atoms with Crippen LogP contribution in [0.15, 0.2) is 21.1 Å². The van der Waals surface area contributed by atoms with Crippen molar-refractivity contribution in [3.63, 3.8) is 0 Å². The summed E-state index contributed by atoms with van der Waals surface area (Å²) >= 11 is 7.50. The van der Waals surface area contributed by atoms with Crippen molar-refractivity contribution in [2.75, 3.05) is 0 Å². The van der Waals surface area contributed by atoms with Gasteiger partial charge in [0.15, 0.2) is 0 Å². The Labute approximate surface area is 142 Å². The first-order valence-corrected chi connectivity index (χ1v) is 9.74. The first-order chi connectivity index (χ1) is 9.69. The van der Waals surface area contributed by atoms with E-state index in [9.17, 15) is 0 Å². The summed E-state index contributed by atoms with van der Waals surface area (Å²) < 4.78 is 2.59. The molecule has 114 valence electrons. The minimum atomic E-state index is 1.20. The molecule has 0 heterocycles. The Bertz CT molecular complexity index is 352. The van der Waals surface area contributed by atoms with Crippen LogP contribution in [0, 0.1) is 0 Å². The normalized spacial score (nSPS) is 11.0. The number of hydrogen-bond donors (Lipinski definition) is 0. The van der Waals surface area contributed by atoms with E-state index < -0.39 is 0 Å². The van der Waals surface area contributed by atoms with Gasteiger partial charge in [0, 0.05) is 8.95 Å². The van der Waals surface area contributed by atoms with E-state index in [2.05, 4.69) is 57.8 Å². The molecule has 1 aromatic rings. The second-order valence-corrected chi connectivity index (χ2v) is 7.37. The molecule has 20 heavy (non-hydrogen) atoms. The van der Waals surface area contributed by atoms with Crippen LogP contribution < -0.4 is 0 Å². The second-order valence-electron chi connectivity index (χ2n) is 5.66. The van der Waals surface area contributed by atoms with Gasteiger partial charge in [-0.05, 0) is 48.9 Å². The number of halogens is 2. The molecular weight excluding hydrogens is 376 g/mol. The quantitative estimate of drug-likeness (QED) is 0.355. The molecule has 0 aliphatic rings. The summed E-state index contributed by atoms with van der Waals surface area (Å²) in [5, 5.41) is 0. The summed E-state index contributed by atoms with van der Waals surface area (Å²) in [5.74, 6) is 0. The summed E-state index contributed by atoms with van der Waals surface area (Å²) in [7, 11) is 0. The van der Waals surface area contributed by atoms with Crippen molar-refractivity contribution < 1.29 is 0 Å². The van der Waals surface area contributed by atoms with E-state index in [1.54, 1.807) is 0 Å². The monoisotopic (exact) mass is 402 g/mol. The minimum Gasteiger partial charge on any atom is -0.0654 e. The van der Waals surface area contributed by atoms with Gasteiger partial charge >= 0.3 is 0 Å². The number of rotatable bonds is 10. The van der Waals surface area contributed by atoms with Crippen LogP contribution in [0.4, 0.5) is 0 Å². The lowest BCUT2D eigenvalue weighted by Crippen LogP contribution is -1.95. The van der Waals surface area contributed by atoms with Crippen LogP contribution in [0.2, 0.25) is 0 Å². The maximum absolute atomic E-state index is 3.83. The number of aryl methyl sites for hydroxylation is 2. The largest absolute Gasteiger partial charge is 0.0654 e. The Morgan fingerprint density at radius 2 is 1.15 bits per heavy atom. The molecule has 0 spiro atoms. The Balaban J connectivity index is 2.59. The standard InChI is InChI=1S/C18H28Br2/c1-3-5-7-9-11-15-13-17(19)14-16(18(15)20)12-10-8-6-4-2/h13-14H,3-12H2,1-2H3. The highest BCUT2D eigenvalue weighted by molar-refractivity contribution is 9.11. The Kier molecular flexibility index (Phi) is 9.88. The third-order valence-electron chi connectivity index (χ3n) is 3.79. The number of hydrogen-bond acceptors (Lipinski definition) is 0. The second kappa shape index (κ2) is 10.8. The molecular formula is C18H28Br2. The van der Waals surface area contributed by atoms with E-state index in [4.69, 9.17) is 0 Å². The lowest BCUT2D eigenvalue weighted by atomic mass is 10.0. The van der Waals surface area contributed by atoms with Crippen molar-refractivity contribution in [3.05, 3.63) is 32.2 Å². The fourth-order valence-corrected chi connectivity index (χ4v) is 3.73. The molecule has 0 N–H and O–H groups in total. The smallest absolute Gasteiger partial charge is 0.0240 e. The molecule has 0 saturated heterocycles. The van der Waals surface area contributed by atoms with Gasteiger partial charge in [-0.3, -0.25) is 0 Å². The predicted octanol–water partition coefficient (Wildman–Crippen LogP) is 7.46. The van der Waals surface area contributed by atoms with Crippen molar-refractivity contribution in [2.45, 2.75) is 78.1 Å². The summed E-state index contributed by atoms with van der Waals surface area (Å²) in [4.78, 5) is 0. The van der Waals surface area contributed by atoms with Crippen molar-refractivity contribution in [2.24, 2.45) is 0 Å². The lowest BCUT2D eigenvalue weighted by molar-refractivity contribution is 0.659. The maximum Gasteiger partial charge on any atom is 0.0240 e. The van der Waals surface area contributed by atoms with Crippen molar-refractivity contribution >= 4 is 31.9 Å². The van der Waals surface area contributed by atoms with E-state index in [0.717, 1.165) is 0 Å². The first kappa shape index (κ1) is 18.2. The molecule has 0 fully saturated rings. The first-order valence-electron chi connectivity index (χ1n) is 8.15. The van der Waals surface area contributed by atoms with Crippen molar-refractivity contribution in [3.8, 4) is 0 Å². The van der Waals surface area contributed by atoms with E-state index in [-0.39, 0.29) is 0 Å². The summed E-state index contributed by atoms with van der Waals surface area (Å²) in [6, 6.07) is 4.57. The summed E-state index contributed by atoms with van der Waals surface area (Å²) in [6.07, 6.45) is 13.0. The predicted molar refractivity (Wildman–Crippen MR) is 97.5 cm³/mol. The van der Waals surface area contributed by atoms with Crippen LogP contribution in [-0.4, -0.2) is 0 Å². The summed E-state index contributed by atoms with van der Waals surface area (Å²) in [5.41, 5.74) is 2.95. The Hall–Kier alpha value is 0.180. The molecule has 1 rings (SSSR count). The van der Waals surface area contributed by atoms with Gasteiger partial charge in [0.25, 0.3) is 0 Å². The molecule has 0 atom stereocenters. The number of unbranched alkanes of at least 4 members (excludes halogenated alkanes) is 6. The zero-order chi connectivity index (χ0) is 14.8. The van der Waals surface area contributed by atoms with Gasteiger partial charge in [-0.25, -0.2) is 0 Å². The topological polar surface area (TPSA) is 0 Å². The lowest BCUT2D eigenvalue weighted by Gasteiger charge is -2.11. The fourth-order valence-electron chi connectivity index (χ4n) is 2.56. The number of benzene rings is 1. The highest BCUT2D eigenvalue weighted by atomic mass is 79.9. The minimum absolute atomic E-state index is 1.20. The molecule has 0 aliphatic carbocycles. The van der Waals surface area contributed by atoms with E-state index >= 15 is 0 Å². The zero-order valence-electron chi connectivity index (χ0n) is 13.0. The van der Waals surface area contributed by atoms with Crippen LogP contribution in [0.5, 0.6) is 0 Å². The molecule has 0 amide bonds. The highest BCUT2D eigenvalue weighted by Crippen LogP contribution is 2.29. The van der Waals surface area contributed by atoms with Crippen molar-refractivity contribution in [1.29, 1.82) is 0 Å². The average molecular weight is 404 g/mol. The molecule has 0 bridgehead atoms. The molecule has 1 aromatic carbocycles. The maximum atomic E-state index is 3.83. The van der Waals surface area contributed by atoms with Crippen LogP contribution in [0.1, 0.15) is 76.3 Å². The van der Waals surface area contributed by atoms with Gasteiger partial charge in [0.05, 0.1) is 0 Å². The third kappa shape index (κ3) is 6.76. The van der Waals surface area contributed by atoms with E-state index in [0.29, 0.717) is 0 Å². The van der Waals surface area contributed by atoms with Gasteiger partial charge < -0.3 is 0 Å². The third-order valence-corrected chi connectivity index (χ3v) is 5.26. The van der Waals surface area contributed by atoms with Gasteiger partial charge in [-0.1, -0.05) is 84.2 Å². The molecule has 2 heteroatoms. The average Bonchev–Trinajstić information content (AvgIpc) is 2.44. The van der Waals surface area contributed by atoms with Gasteiger partial charge in [-0.15, -0.1) is 0 Å². The van der Waals surface area contributed by atoms with Crippen LogP contribution >= 0.6 is 31.9 Å². The zero-order valence-corrected chi connectivity index (χ0v) is 16.2. The molecule has 0 aromatic heterocycles. The molecule has 0 unspecified atom stereocenters. The van der Waals surface area contributed by atoms with Gasteiger partial charge in [-0.2, -0.15) is 0 Å². The fraction of sp³-hybridized carbons (Fsp3) is 0.667. The summed E-state index contributed by atoms with van der Waals surface area (Å²) in [6.45, 7) is 4.53. The van der Waals surface area contributed by atoms with E-state index in [1.165, 1.54) is 84.3 Å².